The second-order valence-electron chi connectivity index (χ2n) is 7.70. The first-order valence-corrected chi connectivity index (χ1v) is 10.5. The maximum atomic E-state index is 13.4. The highest BCUT2D eigenvalue weighted by atomic mass is 16.6. The summed E-state index contributed by atoms with van der Waals surface area (Å²) in [5.41, 5.74) is 1.20. The number of benzene rings is 3. The van der Waals surface area contributed by atoms with Gasteiger partial charge in [-0.2, -0.15) is 0 Å². The number of ether oxygens (including phenoxy) is 3. The minimum atomic E-state index is -1.39. The van der Waals surface area contributed by atoms with Crippen LogP contribution in [0.15, 0.2) is 91.0 Å². The molecule has 1 unspecified atom stereocenters. The minimum Gasteiger partial charge on any atom is -0.459 e. The summed E-state index contributed by atoms with van der Waals surface area (Å²) >= 11 is 0. The first-order valence-electron chi connectivity index (χ1n) is 10.5. The lowest BCUT2D eigenvalue weighted by Crippen LogP contribution is -2.61. The molecule has 3 aromatic carbocycles. The summed E-state index contributed by atoms with van der Waals surface area (Å²) in [5, 5.41) is 2.79. The zero-order chi connectivity index (χ0) is 22.2. The van der Waals surface area contributed by atoms with Crippen molar-refractivity contribution in [1.29, 1.82) is 0 Å². The number of esters is 1. The van der Waals surface area contributed by atoms with Crippen LogP contribution in [0, 0.1) is 0 Å². The smallest absolute Gasteiger partial charge is 0.408 e. The fourth-order valence-corrected chi connectivity index (χ4v) is 3.54. The molecule has 1 fully saturated rings. The van der Waals surface area contributed by atoms with Gasteiger partial charge >= 0.3 is 12.1 Å². The summed E-state index contributed by atoms with van der Waals surface area (Å²) in [7, 11) is 0. The number of hydrogen-bond acceptors (Lipinski definition) is 5. The molecule has 0 spiro atoms. The van der Waals surface area contributed by atoms with E-state index >= 15 is 0 Å². The average molecular weight is 431 g/mol. The second-order valence-corrected chi connectivity index (χ2v) is 7.70. The molecule has 1 aliphatic heterocycles. The van der Waals surface area contributed by atoms with E-state index in [2.05, 4.69) is 5.32 Å². The van der Waals surface area contributed by atoms with Gasteiger partial charge in [0.25, 0.3) is 0 Å². The van der Waals surface area contributed by atoms with E-state index in [4.69, 9.17) is 14.2 Å². The monoisotopic (exact) mass is 431 g/mol. The molecule has 4 rings (SSSR count). The lowest BCUT2D eigenvalue weighted by Gasteiger charge is -2.31. The van der Waals surface area contributed by atoms with Gasteiger partial charge < -0.3 is 19.5 Å². The predicted molar refractivity (Wildman–Crippen MR) is 119 cm³/mol. The normalized spacial score (nSPS) is 16.4. The topological polar surface area (TPSA) is 77.2 Å². The Labute approximate surface area is 187 Å². The zero-order valence-corrected chi connectivity index (χ0v) is 17.6. The summed E-state index contributed by atoms with van der Waals surface area (Å²) in [6, 6.07) is 28.2. The van der Waals surface area contributed by atoms with Crippen LogP contribution in [0.25, 0.3) is 0 Å². The van der Waals surface area contributed by atoms with Crippen molar-refractivity contribution in [2.24, 2.45) is 0 Å². The fraction of sp³-hybridized carbons (Fsp3) is 0.231. The van der Waals surface area contributed by atoms with Crippen LogP contribution in [-0.2, 0) is 38.6 Å². The molecule has 32 heavy (non-hydrogen) atoms. The van der Waals surface area contributed by atoms with Gasteiger partial charge in [0, 0.05) is 6.42 Å². The van der Waals surface area contributed by atoms with Gasteiger partial charge in [-0.15, -0.1) is 0 Å². The van der Waals surface area contributed by atoms with Gasteiger partial charge in [-0.3, -0.25) is 0 Å². The first kappa shape index (κ1) is 21.6. The van der Waals surface area contributed by atoms with Crippen LogP contribution in [0.2, 0.25) is 0 Å². The number of carbonyl (C=O) groups is 2. The van der Waals surface area contributed by atoms with Gasteiger partial charge in [-0.05, 0) is 16.7 Å². The highest BCUT2D eigenvalue weighted by Gasteiger charge is 2.55. The fourth-order valence-electron chi connectivity index (χ4n) is 3.54. The Hall–Kier alpha value is -3.64. The summed E-state index contributed by atoms with van der Waals surface area (Å²) in [6.07, 6.45) is -0.959. The maximum absolute atomic E-state index is 13.4. The Morgan fingerprint density at radius 1 is 0.781 bits per heavy atom. The summed E-state index contributed by atoms with van der Waals surface area (Å²) < 4.78 is 16.6. The van der Waals surface area contributed by atoms with Gasteiger partial charge in [-0.25, -0.2) is 9.59 Å². The highest BCUT2D eigenvalue weighted by molar-refractivity contribution is 5.87. The largest absolute Gasteiger partial charge is 0.459 e. The molecule has 0 saturated carbocycles. The molecule has 2 atom stereocenters. The van der Waals surface area contributed by atoms with Crippen LogP contribution in [0.5, 0.6) is 0 Å². The van der Waals surface area contributed by atoms with E-state index in [9.17, 15) is 9.59 Å². The van der Waals surface area contributed by atoms with Crippen molar-refractivity contribution in [1.82, 2.24) is 5.32 Å². The van der Waals surface area contributed by atoms with E-state index in [1.165, 1.54) is 0 Å². The van der Waals surface area contributed by atoms with Crippen molar-refractivity contribution in [3.05, 3.63) is 108 Å². The Morgan fingerprint density at radius 3 is 1.75 bits per heavy atom. The van der Waals surface area contributed by atoms with Crippen LogP contribution < -0.4 is 5.32 Å². The highest BCUT2D eigenvalue weighted by Crippen LogP contribution is 2.31. The molecule has 1 aliphatic rings. The molecular weight excluding hydrogens is 406 g/mol. The van der Waals surface area contributed by atoms with E-state index in [0.29, 0.717) is 6.61 Å². The van der Waals surface area contributed by atoms with Crippen molar-refractivity contribution < 1.29 is 23.8 Å². The zero-order valence-electron chi connectivity index (χ0n) is 17.6. The Bertz CT molecular complexity index is 1020. The number of nitrogens with one attached hydrogen (secondary N) is 1. The van der Waals surface area contributed by atoms with Crippen LogP contribution in [-0.4, -0.2) is 30.3 Å². The van der Waals surface area contributed by atoms with Crippen LogP contribution >= 0.6 is 0 Å². The third-order valence-electron chi connectivity index (χ3n) is 5.32. The van der Waals surface area contributed by atoms with Crippen LogP contribution in [0.3, 0.4) is 0 Å². The standard InChI is InChI=1S/C26H25NO5/c28-24(31-17-21-12-6-2-7-13-21)26(23-19-30-23,16-20-10-4-1-5-11-20)27-25(29)32-18-22-14-8-3-9-15-22/h1-15,23H,16-19H2,(H,27,29)/t23?,26-/m1/s1. The third-order valence-corrected chi connectivity index (χ3v) is 5.32. The molecule has 164 valence electrons. The molecule has 1 amide bonds. The van der Waals surface area contributed by atoms with Gasteiger partial charge in [0.15, 0.2) is 5.54 Å². The van der Waals surface area contributed by atoms with Crippen molar-refractivity contribution in [2.45, 2.75) is 31.3 Å². The molecule has 0 bridgehead atoms. The predicted octanol–water partition coefficient (Wildman–Crippen LogP) is 4.04. The number of hydrogen-bond donors (Lipinski definition) is 1. The van der Waals surface area contributed by atoms with Crippen LogP contribution in [0.4, 0.5) is 4.79 Å². The molecule has 1 saturated heterocycles. The van der Waals surface area contributed by atoms with Gasteiger partial charge in [0.2, 0.25) is 0 Å². The Kier molecular flexibility index (Phi) is 6.82. The number of alkyl carbamates (subject to hydrolysis) is 1. The lowest BCUT2D eigenvalue weighted by molar-refractivity contribution is -0.154. The summed E-state index contributed by atoms with van der Waals surface area (Å²) in [6.45, 7) is 0.550. The van der Waals surface area contributed by atoms with Crippen LogP contribution in [0.1, 0.15) is 16.7 Å². The number of carbonyl (C=O) groups excluding carboxylic acids is 2. The molecular formula is C26H25NO5. The molecule has 0 aliphatic carbocycles. The van der Waals surface area contributed by atoms with Crippen molar-refractivity contribution in [3.8, 4) is 0 Å². The summed E-state index contributed by atoms with van der Waals surface area (Å²) in [4.78, 5) is 26.1. The molecule has 6 heteroatoms. The van der Waals surface area contributed by atoms with E-state index in [0.717, 1.165) is 16.7 Å². The molecule has 1 heterocycles. The average Bonchev–Trinajstić information content (AvgIpc) is 3.69. The molecule has 1 N–H and O–H groups in total. The lowest BCUT2D eigenvalue weighted by atomic mass is 9.87. The van der Waals surface area contributed by atoms with Gasteiger partial charge in [-0.1, -0.05) is 91.0 Å². The second kappa shape index (κ2) is 10.1. The Balaban J connectivity index is 1.51. The SMILES string of the molecule is O=C(N[C@@](Cc1ccccc1)(C(=O)OCc1ccccc1)C1CO1)OCc1ccccc1. The quantitative estimate of drug-likeness (QED) is 0.409. The maximum Gasteiger partial charge on any atom is 0.408 e. The number of rotatable bonds is 9. The van der Waals surface area contributed by atoms with E-state index < -0.39 is 23.7 Å². The van der Waals surface area contributed by atoms with Crippen molar-refractivity contribution in [3.63, 3.8) is 0 Å². The minimum absolute atomic E-state index is 0.0959. The van der Waals surface area contributed by atoms with Gasteiger partial charge in [0.1, 0.15) is 19.3 Å². The van der Waals surface area contributed by atoms with E-state index in [1.54, 1.807) is 0 Å². The van der Waals surface area contributed by atoms with Crippen molar-refractivity contribution >= 4 is 12.1 Å². The van der Waals surface area contributed by atoms with E-state index in [-0.39, 0.29) is 19.6 Å². The number of epoxide rings is 1. The van der Waals surface area contributed by atoms with Gasteiger partial charge in [0.05, 0.1) is 6.61 Å². The van der Waals surface area contributed by atoms with E-state index in [1.807, 2.05) is 91.0 Å². The molecule has 0 aromatic heterocycles. The number of amides is 1. The third kappa shape index (κ3) is 5.53. The first-order chi connectivity index (χ1) is 15.7. The van der Waals surface area contributed by atoms with Crippen molar-refractivity contribution in [2.75, 3.05) is 6.61 Å². The Morgan fingerprint density at radius 2 is 1.25 bits per heavy atom. The molecule has 6 nitrogen and oxygen atoms in total. The summed E-state index contributed by atoms with van der Waals surface area (Å²) in [5.74, 6) is -0.552. The molecule has 0 radical (unpaired) electrons. The molecule has 3 aromatic rings.